The molecule has 0 bridgehead atoms. The third-order valence-electron chi connectivity index (χ3n) is 10.2. The van der Waals surface area contributed by atoms with E-state index in [2.05, 4.69) is 19.9 Å². The molecule has 164 valence electrons. The lowest BCUT2D eigenvalue weighted by Gasteiger charge is -2.57. The van der Waals surface area contributed by atoms with Crippen molar-refractivity contribution < 1.29 is 0 Å². The zero-order valence-corrected chi connectivity index (χ0v) is 19.5. The highest BCUT2D eigenvalue weighted by molar-refractivity contribution is 5.07. The lowest BCUT2D eigenvalue weighted by Crippen LogP contribution is -2.49. The summed E-state index contributed by atoms with van der Waals surface area (Å²) >= 11 is 0. The van der Waals surface area contributed by atoms with Crippen LogP contribution in [-0.2, 0) is 0 Å². The maximum Gasteiger partial charge on any atom is 0.0689 e. The molecule has 0 aliphatic heterocycles. The second-order valence-electron chi connectivity index (χ2n) is 11.7. The third-order valence-corrected chi connectivity index (χ3v) is 10.2. The molecule has 0 aromatic heterocycles. The molecule has 4 rings (SSSR count). The zero-order chi connectivity index (χ0) is 20.3. The number of unbranched alkanes of at least 4 members (excludes halogenated alkanes) is 3. The largest absolute Gasteiger partial charge is 0.198 e. The first-order valence-electron chi connectivity index (χ1n) is 13.6. The maximum absolute atomic E-state index is 10.1. The Morgan fingerprint density at radius 1 is 0.759 bits per heavy atom. The number of fused-ring (bicyclic) bond motifs is 5. The van der Waals surface area contributed by atoms with Gasteiger partial charge in [0.2, 0.25) is 0 Å². The van der Waals surface area contributed by atoms with Gasteiger partial charge in [-0.2, -0.15) is 5.26 Å². The Labute approximate surface area is 181 Å². The average Bonchev–Trinajstić information content (AvgIpc) is 2.76. The summed E-state index contributed by atoms with van der Waals surface area (Å²) in [4.78, 5) is 0. The average molecular weight is 398 g/mol. The van der Waals surface area contributed by atoms with Crippen molar-refractivity contribution in [1.29, 1.82) is 5.26 Å². The molecule has 8 unspecified atom stereocenters. The molecule has 0 saturated heterocycles. The summed E-state index contributed by atoms with van der Waals surface area (Å²) in [6.45, 7) is 4.68. The van der Waals surface area contributed by atoms with Gasteiger partial charge in [0.25, 0.3) is 0 Å². The van der Waals surface area contributed by atoms with Gasteiger partial charge in [-0.15, -0.1) is 0 Å². The van der Waals surface area contributed by atoms with Crippen LogP contribution in [0.5, 0.6) is 0 Å². The maximum atomic E-state index is 10.1. The predicted molar refractivity (Wildman–Crippen MR) is 122 cm³/mol. The molecular formula is C28H47N. The van der Waals surface area contributed by atoms with Gasteiger partial charge in [0.15, 0.2) is 0 Å². The summed E-state index contributed by atoms with van der Waals surface area (Å²) < 4.78 is 0. The second kappa shape index (κ2) is 9.75. The molecule has 0 heterocycles. The van der Waals surface area contributed by atoms with Gasteiger partial charge in [0, 0.05) is 0 Å². The van der Waals surface area contributed by atoms with E-state index in [1.165, 1.54) is 96.3 Å². The van der Waals surface area contributed by atoms with Crippen LogP contribution in [0, 0.1) is 58.2 Å². The molecule has 4 aliphatic rings. The van der Waals surface area contributed by atoms with E-state index in [-0.39, 0.29) is 5.41 Å². The molecule has 0 spiro atoms. The van der Waals surface area contributed by atoms with Gasteiger partial charge in [-0.05, 0) is 99.2 Å². The molecule has 0 radical (unpaired) electrons. The number of hydrogen-bond acceptors (Lipinski definition) is 1. The second-order valence-corrected chi connectivity index (χ2v) is 11.7. The summed E-state index contributed by atoms with van der Waals surface area (Å²) in [7, 11) is 0. The zero-order valence-electron chi connectivity index (χ0n) is 19.5. The fourth-order valence-electron chi connectivity index (χ4n) is 8.98. The summed E-state index contributed by atoms with van der Waals surface area (Å²) in [5.74, 6) is 7.11. The van der Waals surface area contributed by atoms with Crippen molar-refractivity contribution in [2.45, 2.75) is 123 Å². The fraction of sp³-hybridized carbons (Fsp3) is 0.964. The van der Waals surface area contributed by atoms with Gasteiger partial charge in [-0.3, -0.25) is 0 Å². The van der Waals surface area contributed by atoms with E-state index in [9.17, 15) is 5.26 Å². The van der Waals surface area contributed by atoms with E-state index >= 15 is 0 Å². The summed E-state index contributed by atoms with van der Waals surface area (Å²) in [6, 6.07) is 2.86. The van der Waals surface area contributed by atoms with E-state index in [0.29, 0.717) is 0 Å². The molecule has 29 heavy (non-hydrogen) atoms. The SMILES string of the molecule is CCCCCCC1(C#N)CCC2C(CCC3C4CCCC(CCC)C4CCC23)C1. The van der Waals surface area contributed by atoms with Gasteiger partial charge >= 0.3 is 0 Å². The van der Waals surface area contributed by atoms with Gasteiger partial charge in [0.1, 0.15) is 0 Å². The number of nitrogens with zero attached hydrogens (tertiary/aromatic N) is 1. The smallest absolute Gasteiger partial charge is 0.0689 e. The molecule has 4 fully saturated rings. The number of nitriles is 1. The Morgan fingerprint density at radius 2 is 1.52 bits per heavy atom. The van der Waals surface area contributed by atoms with E-state index < -0.39 is 0 Å². The van der Waals surface area contributed by atoms with E-state index in [1.54, 1.807) is 12.8 Å². The van der Waals surface area contributed by atoms with Crippen LogP contribution in [0.15, 0.2) is 0 Å². The Hall–Kier alpha value is -0.510. The van der Waals surface area contributed by atoms with Gasteiger partial charge < -0.3 is 0 Å². The van der Waals surface area contributed by atoms with Gasteiger partial charge in [0.05, 0.1) is 11.5 Å². The summed E-state index contributed by atoms with van der Waals surface area (Å²) in [5, 5.41) is 10.1. The Balaban J connectivity index is 1.39. The minimum Gasteiger partial charge on any atom is -0.198 e. The highest BCUT2D eigenvalue weighted by Crippen LogP contribution is 2.60. The minimum absolute atomic E-state index is 0.0377. The standard InChI is InChI=1S/C28H47N/c1-3-5-6-7-17-28(20-29)18-16-24-22(19-28)12-13-27-25-11-8-10-21(9-4-2)23(25)14-15-26(24)27/h21-27H,3-19H2,1-2H3. The fourth-order valence-corrected chi connectivity index (χ4v) is 8.98. The van der Waals surface area contributed by atoms with Crippen molar-refractivity contribution in [1.82, 2.24) is 0 Å². The highest BCUT2D eigenvalue weighted by atomic mass is 14.6. The van der Waals surface area contributed by atoms with Gasteiger partial charge in [-0.25, -0.2) is 0 Å². The van der Waals surface area contributed by atoms with Crippen molar-refractivity contribution in [3.05, 3.63) is 0 Å². The molecule has 4 saturated carbocycles. The predicted octanol–water partition coefficient (Wildman–Crippen LogP) is 8.54. The van der Waals surface area contributed by atoms with Crippen molar-refractivity contribution in [2.75, 3.05) is 0 Å². The van der Waals surface area contributed by atoms with Crippen molar-refractivity contribution in [3.8, 4) is 6.07 Å². The lowest BCUT2D eigenvalue weighted by atomic mass is 9.48. The number of hydrogen-bond donors (Lipinski definition) is 0. The van der Waals surface area contributed by atoms with Gasteiger partial charge in [-0.1, -0.05) is 65.2 Å². The number of rotatable bonds is 7. The Morgan fingerprint density at radius 3 is 2.31 bits per heavy atom. The van der Waals surface area contributed by atoms with Crippen LogP contribution in [0.2, 0.25) is 0 Å². The van der Waals surface area contributed by atoms with Crippen LogP contribution in [-0.4, -0.2) is 0 Å². The molecule has 0 amide bonds. The van der Waals surface area contributed by atoms with Crippen molar-refractivity contribution in [2.24, 2.45) is 46.8 Å². The molecule has 0 aromatic rings. The molecule has 4 aliphatic carbocycles. The van der Waals surface area contributed by atoms with Crippen LogP contribution in [0.4, 0.5) is 0 Å². The van der Waals surface area contributed by atoms with E-state index in [4.69, 9.17) is 0 Å². The lowest BCUT2D eigenvalue weighted by molar-refractivity contribution is -0.0717. The first-order valence-corrected chi connectivity index (χ1v) is 13.6. The highest BCUT2D eigenvalue weighted by Gasteiger charge is 2.52. The van der Waals surface area contributed by atoms with Crippen LogP contribution in [0.1, 0.15) is 123 Å². The minimum atomic E-state index is 0.0377. The van der Waals surface area contributed by atoms with Crippen molar-refractivity contribution in [3.63, 3.8) is 0 Å². The Bertz CT molecular complexity index is 559. The van der Waals surface area contributed by atoms with E-state index in [1.807, 2.05) is 0 Å². The normalized spacial score (nSPS) is 44.2. The topological polar surface area (TPSA) is 23.8 Å². The van der Waals surface area contributed by atoms with Crippen LogP contribution < -0.4 is 0 Å². The van der Waals surface area contributed by atoms with Crippen LogP contribution in [0.3, 0.4) is 0 Å². The monoisotopic (exact) mass is 397 g/mol. The van der Waals surface area contributed by atoms with Crippen LogP contribution >= 0.6 is 0 Å². The summed E-state index contributed by atoms with van der Waals surface area (Å²) in [5.41, 5.74) is 0.0377. The summed E-state index contributed by atoms with van der Waals surface area (Å²) in [6.07, 6.45) is 23.8. The van der Waals surface area contributed by atoms with Crippen LogP contribution in [0.25, 0.3) is 0 Å². The molecule has 1 nitrogen and oxygen atoms in total. The van der Waals surface area contributed by atoms with Crippen molar-refractivity contribution >= 4 is 0 Å². The molecule has 1 heteroatoms. The molecule has 0 N–H and O–H groups in total. The quantitative estimate of drug-likeness (QED) is 0.395. The van der Waals surface area contributed by atoms with E-state index in [0.717, 1.165) is 41.4 Å². The molecule has 8 atom stereocenters. The molecular weight excluding hydrogens is 350 g/mol. The first kappa shape index (κ1) is 21.7. The Kier molecular flexibility index (Phi) is 7.30. The molecule has 0 aromatic carbocycles. The third kappa shape index (κ3) is 4.43. The first-order chi connectivity index (χ1) is 14.2.